The minimum Gasteiger partial charge on any atom is -0.480 e. The molecule has 4 unspecified atom stereocenters. The number of benzene rings is 1. The summed E-state index contributed by atoms with van der Waals surface area (Å²) in [6.07, 6.45) is 1.33. The molecular formula is C22H30N6O6S2. The Bertz CT molecular complexity index is 1110. The molecule has 0 fully saturated rings. The summed E-state index contributed by atoms with van der Waals surface area (Å²) in [4.78, 5) is 63.8. The molecule has 0 radical (unpaired) electrons. The molecule has 196 valence electrons. The van der Waals surface area contributed by atoms with E-state index in [0.29, 0.717) is 0 Å². The Labute approximate surface area is 218 Å². The van der Waals surface area contributed by atoms with Crippen LogP contribution in [0.15, 0.2) is 30.5 Å². The second-order valence-corrected chi connectivity index (χ2v) is 8.79. The first-order chi connectivity index (χ1) is 17.1. The van der Waals surface area contributed by atoms with Gasteiger partial charge < -0.3 is 37.5 Å². The maximum absolute atomic E-state index is 13.2. The molecule has 1 heterocycles. The molecule has 0 bridgehead atoms. The van der Waals surface area contributed by atoms with Crippen molar-refractivity contribution in [1.82, 2.24) is 20.9 Å². The van der Waals surface area contributed by atoms with E-state index in [0.717, 1.165) is 16.5 Å². The lowest BCUT2D eigenvalue weighted by Gasteiger charge is -2.24. The van der Waals surface area contributed by atoms with Crippen molar-refractivity contribution in [2.24, 2.45) is 11.5 Å². The third-order valence-electron chi connectivity index (χ3n) is 5.37. The summed E-state index contributed by atoms with van der Waals surface area (Å²) < 4.78 is 0. The number of aliphatic carboxylic acids is 1. The lowest BCUT2D eigenvalue weighted by molar-refractivity contribution is -0.142. The Hall–Kier alpha value is -3.23. The number of carboxylic acids is 1. The van der Waals surface area contributed by atoms with Gasteiger partial charge in [0.2, 0.25) is 23.6 Å². The van der Waals surface area contributed by atoms with Crippen molar-refractivity contribution in [3.8, 4) is 0 Å². The Morgan fingerprint density at radius 2 is 1.53 bits per heavy atom. The van der Waals surface area contributed by atoms with E-state index >= 15 is 0 Å². The molecular weight excluding hydrogens is 508 g/mol. The predicted octanol–water partition coefficient (Wildman–Crippen LogP) is -1.30. The fourth-order valence-electron chi connectivity index (χ4n) is 3.37. The average Bonchev–Trinajstić information content (AvgIpc) is 3.26. The zero-order chi connectivity index (χ0) is 26.8. The van der Waals surface area contributed by atoms with E-state index in [-0.39, 0.29) is 30.8 Å². The number of thiol groups is 2. The van der Waals surface area contributed by atoms with Crippen LogP contribution in [0.25, 0.3) is 10.9 Å². The first-order valence-electron chi connectivity index (χ1n) is 11.0. The van der Waals surface area contributed by atoms with Crippen LogP contribution in [0.3, 0.4) is 0 Å². The Kier molecular flexibility index (Phi) is 11.1. The van der Waals surface area contributed by atoms with Crippen LogP contribution in [0.4, 0.5) is 0 Å². The molecule has 0 aliphatic heterocycles. The molecule has 14 heteroatoms. The third-order valence-corrected chi connectivity index (χ3v) is 6.13. The van der Waals surface area contributed by atoms with Crippen LogP contribution in [0.2, 0.25) is 0 Å². The number of fused-ring (bicyclic) bond motifs is 1. The van der Waals surface area contributed by atoms with Crippen molar-refractivity contribution in [2.75, 3.05) is 11.5 Å². The van der Waals surface area contributed by atoms with E-state index in [1.54, 1.807) is 6.20 Å². The second-order valence-electron chi connectivity index (χ2n) is 8.06. The molecule has 12 nitrogen and oxygen atoms in total. The number of nitrogens with one attached hydrogen (secondary N) is 4. The maximum atomic E-state index is 13.2. The summed E-state index contributed by atoms with van der Waals surface area (Å²) in [6, 6.07) is 2.73. The van der Waals surface area contributed by atoms with E-state index < -0.39 is 53.8 Å². The normalized spacial score (nSPS) is 14.3. The van der Waals surface area contributed by atoms with Crippen molar-refractivity contribution >= 4 is 65.8 Å². The van der Waals surface area contributed by atoms with Crippen LogP contribution in [-0.4, -0.2) is 75.4 Å². The van der Waals surface area contributed by atoms with Crippen molar-refractivity contribution in [1.29, 1.82) is 0 Å². The van der Waals surface area contributed by atoms with Gasteiger partial charge in [0, 0.05) is 41.4 Å². The van der Waals surface area contributed by atoms with Gasteiger partial charge in [-0.05, 0) is 18.1 Å². The zero-order valence-corrected chi connectivity index (χ0v) is 21.1. The minimum absolute atomic E-state index is 0.0524. The lowest BCUT2D eigenvalue weighted by Crippen LogP contribution is -2.58. The number of rotatable bonds is 14. The van der Waals surface area contributed by atoms with E-state index in [2.05, 4.69) is 46.2 Å². The number of hydrogen-bond donors (Lipinski definition) is 9. The second kappa shape index (κ2) is 13.8. The van der Waals surface area contributed by atoms with Gasteiger partial charge in [-0.15, -0.1) is 0 Å². The molecule has 1 aromatic heterocycles. The molecule has 2 rings (SSSR count). The standard InChI is InChI=1S/C22H30N6O6S2/c23-13(9-35)19(30)27-16(7-11-8-25-14-4-2-1-3-12(11)14)20(31)28-17(10-36)21(32)26-15(22(33)34)5-6-18(24)29/h1-4,8,13,15-17,25,35-36H,5-7,9-10,23H2,(H2,24,29)(H,26,32)(H,27,30)(H,28,31)(H,33,34). The monoisotopic (exact) mass is 538 g/mol. The Morgan fingerprint density at radius 1 is 0.917 bits per heavy atom. The van der Waals surface area contributed by atoms with Crippen LogP contribution in [0.5, 0.6) is 0 Å². The van der Waals surface area contributed by atoms with Crippen molar-refractivity contribution < 1.29 is 29.1 Å². The van der Waals surface area contributed by atoms with Gasteiger partial charge in [-0.3, -0.25) is 19.2 Å². The summed E-state index contributed by atoms with van der Waals surface area (Å²) in [7, 11) is 0. The molecule has 9 N–H and O–H groups in total. The van der Waals surface area contributed by atoms with Crippen LogP contribution < -0.4 is 27.4 Å². The number of H-pyrrole nitrogens is 1. The summed E-state index contributed by atoms with van der Waals surface area (Å²) in [6.45, 7) is 0. The smallest absolute Gasteiger partial charge is 0.326 e. The quantitative estimate of drug-likeness (QED) is 0.133. The maximum Gasteiger partial charge on any atom is 0.326 e. The van der Waals surface area contributed by atoms with E-state index in [9.17, 15) is 29.1 Å². The number of hydrogen-bond acceptors (Lipinski definition) is 8. The molecule has 2 aromatic rings. The summed E-state index contributed by atoms with van der Waals surface area (Å²) in [5.41, 5.74) is 12.4. The number of amides is 4. The third kappa shape index (κ3) is 8.17. The first kappa shape index (κ1) is 29.0. The van der Waals surface area contributed by atoms with Gasteiger partial charge in [0.15, 0.2) is 0 Å². The lowest BCUT2D eigenvalue weighted by atomic mass is 10.0. The van der Waals surface area contributed by atoms with Crippen molar-refractivity contribution in [3.05, 3.63) is 36.0 Å². The fraction of sp³-hybridized carbons (Fsp3) is 0.409. The van der Waals surface area contributed by atoms with Gasteiger partial charge in [0.1, 0.15) is 18.1 Å². The topological polar surface area (TPSA) is 209 Å². The van der Waals surface area contributed by atoms with E-state index in [4.69, 9.17) is 11.5 Å². The first-order valence-corrected chi connectivity index (χ1v) is 12.3. The highest BCUT2D eigenvalue weighted by Gasteiger charge is 2.30. The number of aromatic nitrogens is 1. The van der Waals surface area contributed by atoms with Gasteiger partial charge in [-0.2, -0.15) is 25.3 Å². The van der Waals surface area contributed by atoms with E-state index in [1.165, 1.54) is 0 Å². The number of carbonyl (C=O) groups is 5. The number of nitrogens with two attached hydrogens (primary N) is 2. The van der Waals surface area contributed by atoms with Crippen LogP contribution >= 0.6 is 25.3 Å². The van der Waals surface area contributed by atoms with Gasteiger partial charge >= 0.3 is 5.97 Å². The summed E-state index contributed by atoms with van der Waals surface area (Å²) in [5, 5.41) is 17.5. The summed E-state index contributed by atoms with van der Waals surface area (Å²) >= 11 is 8.10. The highest BCUT2D eigenvalue weighted by atomic mass is 32.1. The molecule has 36 heavy (non-hydrogen) atoms. The Morgan fingerprint density at radius 3 is 2.14 bits per heavy atom. The number of carbonyl (C=O) groups excluding carboxylic acids is 4. The molecule has 0 spiro atoms. The summed E-state index contributed by atoms with van der Waals surface area (Å²) in [5.74, 6) is -4.31. The zero-order valence-electron chi connectivity index (χ0n) is 19.3. The van der Waals surface area contributed by atoms with Gasteiger partial charge in [0.25, 0.3) is 0 Å². The van der Waals surface area contributed by atoms with Crippen LogP contribution in [0, 0.1) is 0 Å². The molecule has 0 aliphatic carbocycles. The number of para-hydroxylation sites is 1. The fourth-order valence-corrected chi connectivity index (χ4v) is 3.80. The van der Waals surface area contributed by atoms with Gasteiger partial charge in [0.05, 0.1) is 6.04 Å². The number of aromatic amines is 1. The van der Waals surface area contributed by atoms with Gasteiger partial charge in [-0.25, -0.2) is 4.79 Å². The van der Waals surface area contributed by atoms with Crippen molar-refractivity contribution in [3.63, 3.8) is 0 Å². The molecule has 0 aliphatic rings. The van der Waals surface area contributed by atoms with Crippen LogP contribution in [0.1, 0.15) is 18.4 Å². The highest BCUT2D eigenvalue weighted by Crippen LogP contribution is 2.19. The molecule has 4 amide bonds. The number of primary amides is 1. The molecule has 4 atom stereocenters. The Balaban J connectivity index is 2.19. The molecule has 0 saturated heterocycles. The molecule has 0 saturated carbocycles. The molecule has 1 aromatic carbocycles. The minimum atomic E-state index is -1.39. The number of carboxylic acid groups (broad SMARTS) is 1. The largest absolute Gasteiger partial charge is 0.480 e. The SMILES string of the molecule is NC(=O)CCC(NC(=O)C(CS)NC(=O)C(Cc1c[nH]c2ccccc12)NC(=O)C(N)CS)C(=O)O. The predicted molar refractivity (Wildman–Crippen MR) is 140 cm³/mol. The highest BCUT2D eigenvalue weighted by molar-refractivity contribution is 7.80. The van der Waals surface area contributed by atoms with Crippen molar-refractivity contribution in [2.45, 2.75) is 43.4 Å². The van der Waals surface area contributed by atoms with Gasteiger partial charge in [-0.1, -0.05) is 18.2 Å². The van der Waals surface area contributed by atoms with Crippen LogP contribution in [-0.2, 0) is 30.4 Å². The van der Waals surface area contributed by atoms with E-state index in [1.807, 2.05) is 24.3 Å². The average molecular weight is 539 g/mol.